The van der Waals surface area contributed by atoms with Gasteiger partial charge in [0.15, 0.2) is 0 Å². The molecule has 1 unspecified atom stereocenters. The van der Waals surface area contributed by atoms with Crippen molar-refractivity contribution in [3.05, 3.63) is 30.3 Å². The first kappa shape index (κ1) is 12.5. The van der Waals surface area contributed by atoms with Crippen molar-refractivity contribution in [1.82, 2.24) is 0 Å². The molecule has 88 valence electrons. The summed E-state index contributed by atoms with van der Waals surface area (Å²) >= 11 is 0. The van der Waals surface area contributed by atoms with Crippen LogP contribution in [-0.4, -0.2) is 25.4 Å². The average Bonchev–Trinajstić information content (AvgIpc) is 2.25. The Bertz CT molecular complexity index is 348. The van der Waals surface area contributed by atoms with Gasteiger partial charge in [-0.05, 0) is 12.1 Å². The second-order valence-corrected chi connectivity index (χ2v) is 2.86. The molecule has 0 spiro atoms. The lowest BCUT2D eigenvalue weighted by atomic mass is 10.3. The maximum Gasteiger partial charge on any atom is 0.456 e. The zero-order valence-electron chi connectivity index (χ0n) is 8.32. The van der Waals surface area contributed by atoms with Gasteiger partial charge in [-0.3, -0.25) is 4.79 Å². The number of hydrogen-bond acceptors (Lipinski definition) is 3. The van der Waals surface area contributed by atoms with E-state index in [0.29, 0.717) is 0 Å². The first-order chi connectivity index (χ1) is 7.45. The average molecular weight is 234 g/mol. The van der Waals surface area contributed by atoms with Gasteiger partial charge in [0.05, 0.1) is 0 Å². The first-order valence-electron chi connectivity index (χ1n) is 4.30. The molecule has 1 aromatic rings. The van der Waals surface area contributed by atoms with E-state index in [1.165, 1.54) is 12.1 Å². The van der Waals surface area contributed by atoms with Crippen LogP contribution in [0.4, 0.5) is 13.2 Å². The van der Waals surface area contributed by atoms with E-state index in [0.717, 1.165) is 7.11 Å². The highest BCUT2D eigenvalue weighted by Crippen LogP contribution is 2.21. The summed E-state index contributed by atoms with van der Waals surface area (Å²) in [5.74, 6) is -1.94. The van der Waals surface area contributed by atoms with Crippen LogP contribution in [0.1, 0.15) is 0 Å². The molecule has 0 bridgehead atoms. The second kappa shape index (κ2) is 4.98. The van der Waals surface area contributed by atoms with Gasteiger partial charge in [0.2, 0.25) is 0 Å². The Balaban J connectivity index is 2.74. The SMILES string of the molecule is COC(Oc1ccccc1)C(=O)C(F)(F)F. The fraction of sp³-hybridized carbons (Fsp3) is 0.300. The minimum absolute atomic E-state index is 0.131. The van der Waals surface area contributed by atoms with E-state index in [1.54, 1.807) is 18.2 Å². The van der Waals surface area contributed by atoms with E-state index < -0.39 is 18.2 Å². The molecule has 1 aromatic carbocycles. The third-order valence-corrected chi connectivity index (χ3v) is 1.69. The van der Waals surface area contributed by atoms with Crippen molar-refractivity contribution in [3.63, 3.8) is 0 Å². The molecule has 0 heterocycles. The molecule has 0 saturated heterocycles. The number of carbonyl (C=O) groups is 1. The number of ketones is 1. The Kier molecular flexibility index (Phi) is 3.89. The number of methoxy groups -OCH3 is 1. The van der Waals surface area contributed by atoms with Crippen molar-refractivity contribution in [1.29, 1.82) is 0 Å². The van der Waals surface area contributed by atoms with Crippen LogP contribution in [0.15, 0.2) is 30.3 Å². The molecule has 0 fully saturated rings. The Labute approximate surface area is 89.8 Å². The van der Waals surface area contributed by atoms with Crippen LogP contribution in [0.25, 0.3) is 0 Å². The maximum atomic E-state index is 12.1. The molecule has 3 nitrogen and oxygen atoms in total. The van der Waals surface area contributed by atoms with Crippen molar-refractivity contribution < 1.29 is 27.4 Å². The minimum atomic E-state index is -4.98. The number of halogens is 3. The van der Waals surface area contributed by atoms with E-state index in [9.17, 15) is 18.0 Å². The molecule has 0 radical (unpaired) electrons. The van der Waals surface area contributed by atoms with Gasteiger partial charge in [-0.15, -0.1) is 0 Å². The van der Waals surface area contributed by atoms with Crippen LogP contribution in [0, 0.1) is 0 Å². The van der Waals surface area contributed by atoms with Gasteiger partial charge in [-0.1, -0.05) is 18.2 Å². The van der Waals surface area contributed by atoms with Crippen LogP contribution in [0.5, 0.6) is 5.75 Å². The van der Waals surface area contributed by atoms with Crippen molar-refractivity contribution in [2.24, 2.45) is 0 Å². The molecule has 1 atom stereocenters. The van der Waals surface area contributed by atoms with Crippen LogP contribution < -0.4 is 4.74 Å². The number of carbonyl (C=O) groups excluding carboxylic acids is 1. The van der Waals surface area contributed by atoms with E-state index in [4.69, 9.17) is 4.74 Å². The fourth-order valence-corrected chi connectivity index (χ4v) is 0.965. The number of alkyl halides is 3. The number of rotatable bonds is 4. The lowest BCUT2D eigenvalue weighted by Gasteiger charge is -2.17. The van der Waals surface area contributed by atoms with Crippen molar-refractivity contribution in [2.75, 3.05) is 7.11 Å². The van der Waals surface area contributed by atoms with E-state index in [1.807, 2.05) is 0 Å². The van der Waals surface area contributed by atoms with Gasteiger partial charge < -0.3 is 9.47 Å². The Morgan fingerprint density at radius 3 is 2.25 bits per heavy atom. The number of para-hydroxylation sites is 1. The predicted molar refractivity (Wildman–Crippen MR) is 48.9 cm³/mol. The molecular weight excluding hydrogens is 225 g/mol. The van der Waals surface area contributed by atoms with Crippen LogP contribution in [0.3, 0.4) is 0 Å². The van der Waals surface area contributed by atoms with Crippen molar-refractivity contribution in [3.8, 4) is 5.75 Å². The largest absolute Gasteiger partial charge is 0.457 e. The van der Waals surface area contributed by atoms with E-state index in [2.05, 4.69) is 4.74 Å². The minimum Gasteiger partial charge on any atom is -0.457 e. The number of ether oxygens (including phenoxy) is 2. The van der Waals surface area contributed by atoms with Crippen LogP contribution >= 0.6 is 0 Å². The van der Waals surface area contributed by atoms with Crippen molar-refractivity contribution >= 4 is 5.78 Å². The molecule has 0 N–H and O–H groups in total. The monoisotopic (exact) mass is 234 g/mol. The van der Waals surface area contributed by atoms with Gasteiger partial charge in [0.1, 0.15) is 5.75 Å². The molecule has 16 heavy (non-hydrogen) atoms. The summed E-state index contributed by atoms with van der Waals surface area (Å²) in [7, 11) is 0.969. The predicted octanol–water partition coefficient (Wildman–Crippen LogP) is 2.17. The normalized spacial score (nSPS) is 13.2. The molecular formula is C10H9F3O3. The van der Waals surface area contributed by atoms with Crippen LogP contribution in [0.2, 0.25) is 0 Å². The lowest BCUT2D eigenvalue weighted by molar-refractivity contribution is -0.195. The van der Waals surface area contributed by atoms with Crippen LogP contribution in [-0.2, 0) is 9.53 Å². The third-order valence-electron chi connectivity index (χ3n) is 1.69. The number of Topliss-reactive ketones (excluding diaryl/α,β-unsaturated/α-hetero) is 1. The molecule has 0 aliphatic heterocycles. The molecule has 0 aromatic heterocycles. The zero-order chi connectivity index (χ0) is 12.2. The molecule has 0 aliphatic carbocycles. The Morgan fingerprint density at radius 1 is 1.25 bits per heavy atom. The molecule has 0 saturated carbocycles. The number of hydrogen-bond donors (Lipinski definition) is 0. The molecule has 0 aliphatic rings. The summed E-state index contributed by atoms with van der Waals surface area (Å²) in [5, 5.41) is 0. The van der Waals surface area contributed by atoms with Gasteiger partial charge in [-0.25, -0.2) is 0 Å². The summed E-state index contributed by atoms with van der Waals surface area (Å²) < 4.78 is 45.3. The quantitative estimate of drug-likeness (QED) is 0.749. The van der Waals surface area contributed by atoms with Gasteiger partial charge in [-0.2, -0.15) is 13.2 Å². The van der Waals surface area contributed by atoms with Gasteiger partial charge >= 0.3 is 12.0 Å². The first-order valence-corrected chi connectivity index (χ1v) is 4.30. The lowest BCUT2D eigenvalue weighted by Crippen LogP contribution is -2.39. The maximum absolute atomic E-state index is 12.1. The summed E-state index contributed by atoms with van der Waals surface area (Å²) in [6.45, 7) is 0. The third kappa shape index (κ3) is 3.23. The molecule has 6 heteroatoms. The standard InChI is InChI=1S/C10H9F3O3/c1-15-9(8(14)10(11,12)13)16-7-5-3-2-4-6-7/h2-6,9H,1H3. The van der Waals surface area contributed by atoms with Gasteiger partial charge in [0, 0.05) is 7.11 Å². The fourth-order valence-electron chi connectivity index (χ4n) is 0.965. The number of benzene rings is 1. The smallest absolute Gasteiger partial charge is 0.456 e. The summed E-state index contributed by atoms with van der Waals surface area (Å²) in [6.07, 6.45) is -6.95. The van der Waals surface area contributed by atoms with E-state index >= 15 is 0 Å². The highest BCUT2D eigenvalue weighted by molar-refractivity contribution is 5.87. The van der Waals surface area contributed by atoms with E-state index in [-0.39, 0.29) is 5.75 Å². The highest BCUT2D eigenvalue weighted by atomic mass is 19.4. The summed E-state index contributed by atoms with van der Waals surface area (Å²) in [5.41, 5.74) is 0. The molecule has 1 rings (SSSR count). The summed E-state index contributed by atoms with van der Waals surface area (Å²) in [6, 6.07) is 7.66. The summed E-state index contributed by atoms with van der Waals surface area (Å²) in [4.78, 5) is 10.8. The zero-order valence-corrected chi connectivity index (χ0v) is 8.32. The Morgan fingerprint density at radius 2 is 1.81 bits per heavy atom. The van der Waals surface area contributed by atoms with Gasteiger partial charge in [0.25, 0.3) is 6.29 Å². The molecule has 0 amide bonds. The Hall–Kier alpha value is -1.56. The van der Waals surface area contributed by atoms with Crippen molar-refractivity contribution in [2.45, 2.75) is 12.5 Å². The topological polar surface area (TPSA) is 35.5 Å². The second-order valence-electron chi connectivity index (χ2n) is 2.86. The highest BCUT2D eigenvalue weighted by Gasteiger charge is 2.45.